The lowest BCUT2D eigenvalue weighted by molar-refractivity contribution is -0.136. The van der Waals surface area contributed by atoms with E-state index in [9.17, 15) is 9.59 Å². The van der Waals surface area contributed by atoms with Crippen LogP contribution in [0.1, 0.15) is 30.7 Å². The van der Waals surface area contributed by atoms with Crippen molar-refractivity contribution in [2.75, 3.05) is 13.7 Å². The zero-order valence-electron chi connectivity index (χ0n) is 14.7. The molecule has 1 heterocycles. The highest BCUT2D eigenvalue weighted by Gasteiger charge is 2.42. The largest absolute Gasteiger partial charge is 0.481 e. The lowest BCUT2D eigenvalue weighted by Crippen LogP contribution is -2.31. The van der Waals surface area contributed by atoms with Crippen molar-refractivity contribution in [3.8, 4) is 18.1 Å². The third-order valence-electron chi connectivity index (χ3n) is 4.48. The molecule has 0 saturated carbocycles. The van der Waals surface area contributed by atoms with E-state index in [1.54, 1.807) is 18.2 Å². The number of ketones is 1. The molecule has 6 nitrogen and oxygen atoms in total. The van der Waals surface area contributed by atoms with Crippen molar-refractivity contribution in [3.63, 3.8) is 0 Å². The van der Waals surface area contributed by atoms with Gasteiger partial charge < -0.3 is 19.9 Å². The van der Waals surface area contributed by atoms with E-state index >= 15 is 0 Å². The lowest BCUT2D eigenvalue weighted by Gasteiger charge is -2.33. The van der Waals surface area contributed by atoms with Crippen molar-refractivity contribution in [1.29, 1.82) is 0 Å². The second kappa shape index (κ2) is 7.77. The number of methoxy groups -OCH3 is 1. The molecule has 7 heteroatoms. The molecule has 0 radical (unpaired) electrons. The molecule has 0 saturated heterocycles. The molecule has 3 rings (SSSR count). The van der Waals surface area contributed by atoms with Crippen LogP contribution in [-0.2, 0) is 19.1 Å². The third kappa shape index (κ3) is 3.51. The van der Waals surface area contributed by atoms with Crippen LogP contribution >= 0.6 is 11.6 Å². The van der Waals surface area contributed by atoms with Gasteiger partial charge in [-0.05, 0) is 24.6 Å². The predicted molar refractivity (Wildman–Crippen MR) is 98.7 cm³/mol. The smallest absolute Gasteiger partial charge is 0.340 e. The molecular weight excluding hydrogens is 370 g/mol. The van der Waals surface area contributed by atoms with Crippen molar-refractivity contribution in [1.82, 2.24) is 0 Å². The molecule has 0 fully saturated rings. The lowest BCUT2D eigenvalue weighted by atomic mass is 9.77. The van der Waals surface area contributed by atoms with Crippen molar-refractivity contribution in [2.45, 2.75) is 25.2 Å². The van der Waals surface area contributed by atoms with Gasteiger partial charge >= 0.3 is 5.97 Å². The summed E-state index contributed by atoms with van der Waals surface area (Å²) in [4.78, 5) is 25.2. The second-order valence-corrected chi connectivity index (χ2v) is 6.53. The minimum atomic E-state index is -0.805. The van der Waals surface area contributed by atoms with Crippen molar-refractivity contribution in [2.24, 2.45) is 5.73 Å². The van der Waals surface area contributed by atoms with Crippen LogP contribution in [0.5, 0.6) is 5.75 Å². The SMILES string of the molecule is C#CCOc1ccc(Cl)cc1[C@H]1C(C(=O)OC)=C(N)OC2=C1C(=O)CCC2. The summed E-state index contributed by atoms with van der Waals surface area (Å²) in [5, 5.41) is 0.415. The fraction of sp³-hybridized carbons (Fsp3) is 0.300. The summed E-state index contributed by atoms with van der Waals surface area (Å²) in [6.07, 6.45) is 6.85. The fourth-order valence-corrected chi connectivity index (χ4v) is 3.55. The minimum absolute atomic E-state index is 0.0183. The van der Waals surface area contributed by atoms with E-state index in [0.717, 1.165) is 0 Å². The molecule has 2 N–H and O–H groups in total. The molecule has 1 aliphatic carbocycles. The first-order valence-electron chi connectivity index (χ1n) is 8.35. The van der Waals surface area contributed by atoms with Crippen molar-refractivity contribution in [3.05, 3.63) is 51.6 Å². The number of esters is 1. The summed E-state index contributed by atoms with van der Waals surface area (Å²) in [6, 6.07) is 4.91. The van der Waals surface area contributed by atoms with E-state index in [2.05, 4.69) is 5.92 Å². The molecule has 1 aromatic carbocycles. The van der Waals surface area contributed by atoms with Crippen LogP contribution in [0.2, 0.25) is 5.02 Å². The van der Waals surface area contributed by atoms with Gasteiger partial charge in [-0.1, -0.05) is 17.5 Å². The first-order chi connectivity index (χ1) is 13.0. The van der Waals surface area contributed by atoms with Crippen LogP contribution in [0.4, 0.5) is 0 Å². The van der Waals surface area contributed by atoms with Crippen LogP contribution in [0.3, 0.4) is 0 Å². The summed E-state index contributed by atoms with van der Waals surface area (Å²) < 4.78 is 16.1. The highest BCUT2D eigenvalue weighted by Crippen LogP contribution is 2.47. The standard InChI is InChI=1S/C20H18ClNO5/c1-3-9-26-14-8-7-11(21)10-12(14)16-17-13(23)5-4-6-15(17)27-19(22)18(16)20(24)25-2/h1,7-8,10,16H,4-6,9,22H2,2H3/t16-/m1/s1. The van der Waals surface area contributed by atoms with Crippen molar-refractivity contribution < 1.29 is 23.8 Å². The second-order valence-electron chi connectivity index (χ2n) is 6.09. The van der Waals surface area contributed by atoms with Gasteiger partial charge in [-0.3, -0.25) is 4.79 Å². The Bertz CT molecular complexity index is 909. The first kappa shape index (κ1) is 18.9. The van der Waals surface area contributed by atoms with Crippen LogP contribution < -0.4 is 10.5 Å². The average Bonchev–Trinajstić information content (AvgIpc) is 2.65. The topological polar surface area (TPSA) is 87.8 Å². The maximum Gasteiger partial charge on any atom is 0.340 e. The number of hydrogen-bond acceptors (Lipinski definition) is 6. The van der Waals surface area contributed by atoms with Crippen LogP contribution in [-0.4, -0.2) is 25.5 Å². The van der Waals surface area contributed by atoms with E-state index < -0.39 is 11.9 Å². The Balaban J connectivity index is 2.24. The average molecular weight is 388 g/mol. The van der Waals surface area contributed by atoms with Gasteiger partial charge in [0.05, 0.1) is 13.0 Å². The van der Waals surface area contributed by atoms with E-state index in [0.29, 0.717) is 46.9 Å². The first-order valence-corrected chi connectivity index (χ1v) is 8.73. The zero-order chi connectivity index (χ0) is 19.6. The van der Waals surface area contributed by atoms with Crippen LogP contribution in [0.15, 0.2) is 41.0 Å². The van der Waals surface area contributed by atoms with Crippen LogP contribution in [0, 0.1) is 12.3 Å². The number of Topliss-reactive ketones (excluding diaryl/α,β-unsaturated/α-hetero) is 1. The number of ether oxygens (including phenoxy) is 3. The van der Waals surface area contributed by atoms with Gasteiger partial charge in [0.2, 0.25) is 5.88 Å². The summed E-state index contributed by atoms with van der Waals surface area (Å²) >= 11 is 6.19. The maximum atomic E-state index is 12.7. The number of benzene rings is 1. The Morgan fingerprint density at radius 1 is 1.44 bits per heavy atom. The molecule has 0 spiro atoms. The predicted octanol–water partition coefficient (Wildman–Crippen LogP) is 2.82. The number of terminal acetylenes is 1. The number of carbonyl (C=O) groups excluding carboxylic acids is 2. The molecule has 140 valence electrons. The van der Waals surface area contributed by atoms with Gasteiger partial charge in [-0.2, -0.15) is 0 Å². The van der Waals surface area contributed by atoms with Gasteiger partial charge in [-0.25, -0.2) is 4.79 Å². The number of carbonyl (C=O) groups is 2. The van der Waals surface area contributed by atoms with E-state index in [-0.39, 0.29) is 23.8 Å². The normalized spacial score (nSPS) is 19.1. The highest BCUT2D eigenvalue weighted by atomic mass is 35.5. The third-order valence-corrected chi connectivity index (χ3v) is 4.72. The molecule has 27 heavy (non-hydrogen) atoms. The molecule has 1 aromatic rings. The maximum absolute atomic E-state index is 12.7. The van der Waals surface area contributed by atoms with Crippen molar-refractivity contribution >= 4 is 23.4 Å². The monoisotopic (exact) mass is 387 g/mol. The van der Waals surface area contributed by atoms with Gasteiger partial charge in [-0.15, -0.1) is 6.42 Å². The molecule has 2 aliphatic rings. The number of allylic oxidation sites excluding steroid dienone is 2. The summed E-state index contributed by atoms with van der Waals surface area (Å²) in [7, 11) is 1.24. The Labute approximate surface area is 161 Å². The van der Waals surface area contributed by atoms with Gasteiger partial charge in [0, 0.05) is 29.0 Å². The van der Waals surface area contributed by atoms with Gasteiger partial charge in [0.15, 0.2) is 5.78 Å². The van der Waals surface area contributed by atoms with E-state index in [1.807, 2.05) is 0 Å². The Morgan fingerprint density at radius 2 is 2.22 bits per heavy atom. The number of halogens is 1. The molecule has 1 atom stereocenters. The molecule has 0 bridgehead atoms. The summed E-state index contributed by atoms with van der Waals surface area (Å²) in [6.45, 7) is 0.0183. The molecule has 1 aliphatic heterocycles. The van der Waals surface area contributed by atoms with Gasteiger partial charge in [0.25, 0.3) is 0 Å². The zero-order valence-corrected chi connectivity index (χ0v) is 15.5. The Morgan fingerprint density at radius 3 is 2.93 bits per heavy atom. The number of hydrogen-bond donors (Lipinski definition) is 1. The van der Waals surface area contributed by atoms with E-state index in [4.69, 9.17) is 38.0 Å². The Kier molecular flexibility index (Phi) is 5.43. The van der Waals surface area contributed by atoms with E-state index in [1.165, 1.54) is 7.11 Å². The fourth-order valence-electron chi connectivity index (χ4n) is 3.37. The molecule has 0 aromatic heterocycles. The molecular formula is C20H18ClNO5. The quantitative estimate of drug-likeness (QED) is 0.631. The minimum Gasteiger partial charge on any atom is -0.481 e. The van der Waals surface area contributed by atoms with Gasteiger partial charge in [0.1, 0.15) is 23.7 Å². The van der Waals surface area contributed by atoms with Crippen LogP contribution in [0.25, 0.3) is 0 Å². The number of rotatable bonds is 4. The number of nitrogens with two attached hydrogens (primary N) is 1. The summed E-state index contributed by atoms with van der Waals surface area (Å²) in [5.74, 6) is 1.56. The molecule has 0 unspecified atom stereocenters. The summed E-state index contributed by atoms with van der Waals surface area (Å²) in [5.41, 5.74) is 6.95. The Hall–Kier alpha value is -2.91. The molecule has 0 amide bonds. The highest BCUT2D eigenvalue weighted by molar-refractivity contribution is 6.30.